The summed E-state index contributed by atoms with van der Waals surface area (Å²) in [5, 5.41) is 9.32. The van der Waals surface area contributed by atoms with Gasteiger partial charge in [0.05, 0.1) is 11.8 Å². The molecule has 2 rings (SSSR count). The summed E-state index contributed by atoms with van der Waals surface area (Å²) in [6.45, 7) is 5.95. The van der Waals surface area contributed by atoms with Crippen molar-refractivity contribution < 1.29 is 14.7 Å². The van der Waals surface area contributed by atoms with Crippen LogP contribution in [-0.2, 0) is 9.59 Å². The van der Waals surface area contributed by atoms with E-state index in [2.05, 4.69) is 13.8 Å². The van der Waals surface area contributed by atoms with E-state index in [-0.39, 0.29) is 16.6 Å². The summed E-state index contributed by atoms with van der Waals surface area (Å²) in [4.78, 5) is 25.9. The molecular weight excluding hydrogens is 274 g/mol. The van der Waals surface area contributed by atoms with E-state index >= 15 is 0 Å². The van der Waals surface area contributed by atoms with Crippen LogP contribution in [0.5, 0.6) is 0 Å². The molecule has 1 heterocycles. The Labute approximate surface area is 125 Å². The Hall–Kier alpha value is -0.710. The Bertz CT molecular complexity index is 383. The molecule has 5 heteroatoms. The van der Waals surface area contributed by atoms with Crippen molar-refractivity contribution in [3.8, 4) is 0 Å². The third-order valence-electron chi connectivity index (χ3n) is 4.55. The smallest absolute Gasteiger partial charge is 0.307 e. The first kappa shape index (κ1) is 15.7. The van der Waals surface area contributed by atoms with Gasteiger partial charge in [0.2, 0.25) is 5.91 Å². The highest BCUT2D eigenvalue weighted by Crippen LogP contribution is 2.34. The Kier molecular flexibility index (Phi) is 4.99. The predicted octanol–water partition coefficient (Wildman–Crippen LogP) is 2.62. The first-order valence-electron chi connectivity index (χ1n) is 7.56. The molecule has 1 amide bonds. The molecule has 1 aliphatic carbocycles. The highest BCUT2D eigenvalue weighted by atomic mass is 32.2. The van der Waals surface area contributed by atoms with Crippen LogP contribution in [-0.4, -0.2) is 45.5 Å². The highest BCUT2D eigenvalue weighted by molar-refractivity contribution is 8.00. The fraction of sp³-hybridized carbons (Fsp3) is 0.867. The van der Waals surface area contributed by atoms with Crippen molar-refractivity contribution >= 4 is 23.6 Å². The van der Waals surface area contributed by atoms with Crippen LogP contribution in [0, 0.1) is 11.8 Å². The van der Waals surface area contributed by atoms with Crippen molar-refractivity contribution in [3.63, 3.8) is 0 Å². The molecule has 20 heavy (non-hydrogen) atoms. The molecule has 0 radical (unpaired) electrons. The Morgan fingerprint density at radius 3 is 2.45 bits per heavy atom. The maximum atomic E-state index is 12.7. The van der Waals surface area contributed by atoms with Gasteiger partial charge in [-0.3, -0.25) is 9.59 Å². The monoisotopic (exact) mass is 299 g/mol. The van der Waals surface area contributed by atoms with Crippen molar-refractivity contribution in [2.24, 2.45) is 11.8 Å². The number of carboxylic acids is 1. The van der Waals surface area contributed by atoms with Crippen molar-refractivity contribution in [3.05, 3.63) is 0 Å². The van der Waals surface area contributed by atoms with Crippen LogP contribution >= 0.6 is 11.8 Å². The molecule has 114 valence electrons. The summed E-state index contributed by atoms with van der Waals surface area (Å²) in [6.07, 6.45) is 4.29. The standard InChI is InChI=1S/C15H25NO3S/c1-15(2)7-8-16(9-10-20-15)13(17)11-5-3-4-6-12(11)14(18)19/h11-12H,3-10H2,1-2H3,(H,18,19). The number of rotatable bonds is 2. The average Bonchev–Trinajstić information content (AvgIpc) is 2.59. The largest absolute Gasteiger partial charge is 0.481 e. The van der Waals surface area contributed by atoms with Gasteiger partial charge in [-0.25, -0.2) is 0 Å². The maximum Gasteiger partial charge on any atom is 0.307 e. The van der Waals surface area contributed by atoms with Crippen LogP contribution in [0.4, 0.5) is 0 Å². The zero-order chi connectivity index (χ0) is 14.8. The minimum atomic E-state index is -0.799. The second-order valence-corrected chi connectivity index (χ2v) is 8.32. The number of hydrogen-bond donors (Lipinski definition) is 1. The van der Waals surface area contributed by atoms with Gasteiger partial charge in [0.25, 0.3) is 0 Å². The van der Waals surface area contributed by atoms with Gasteiger partial charge in [-0.2, -0.15) is 11.8 Å². The minimum absolute atomic E-state index is 0.0791. The van der Waals surface area contributed by atoms with E-state index in [4.69, 9.17) is 0 Å². The second-order valence-electron chi connectivity index (χ2n) is 6.52. The fourth-order valence-corrected chi connectivity index (χ4v) is 4.30. The van der Waals surface area contributed by atoms with E-state index in [1.54, 1.807) is 0 Å². The zero-order valence-electron chi connectivity index (χ0n) is 12.4. The predicted molar refractivity (Wildman–Crippen MR) is 80.8 cm³/mol. The first-order valence-corrected chi connectivity index (χ1v) is 8.55. The number of carboxylic acid groups (broad SMARTS) is 1. The van der Waals surface area contributed by atoms with Crippen molar-refractivity contribution in [2.75, 3.05) is 18.8 Å². The molecule has 1 N–H and O–H groups in total. The average molecular weight is 299 g/mol. The number of hydrogen-bond acceptors (Lipinski definition) is 3. The molecule has 0 aromatic heterocycles. The number of thioether (sulfide) groups is 1. The van der Waals surface area contributed by atoms with Gasteiger partial charge in [0, 0.05) is 23.6 Å². The molecular formula is C15H25NO3S. The molecule has 4 nitrogen and oxygen atoms in total. The Balaban J connectivity index is 2.03. The summed E-state index contributed by atoms with van der Waals surface area (Å²) in [7, 11) is 0. The highest BCUT2D eigenvalue weighted by Gasteiger charge is 2.38. The summed E-state index contributed by atoms with van der Waals surface area (Å²) in [6, 6.07) is 0. The Morgan fingerprint density at radius 2 is 1.80 bits per heavy atom. The van der Waals surface area contributed by atoms with Gasteiger partial charge in [0.15, 0.2) is 0 Å². The lowest BCUT2D eigenvalue weighted by molar-refractivity contribution is -0.152. The lowest BCUT2D eigenvalue weighted by Gasteiger charge is -2.32. The van der Waals surface area contributed by atoms with Gasteiger partial charge in [0.1, 0.15) is 0 Å². The molecule has 2 fully saturated rings. The number of nitrogens with zero attached hydrogens (tertiary/aromatic N) is 1. The van der Waals surface area contributed by atoms with E-state index < -0.39 is 11.9 Å². The normalized spacial score (nSPS) is 30.6. The number of amides is 1. The number of carbonyl (C=O) groups excluding carboxylic acids is 1. The van der Waals surface area contributed by atoms with Crippen molar-refractivity contribution in [1.82, 2.24) is 4.90 Å². The number of carbonyl (C=O) groups is 2. The minimum Gasteiger partial charge on any atom is -0.481 e. The van der Waals surface area contributed by atoms with E-state index in [1.165, 1.54) is 0 Å². The van der Waals surface area contributed by atoms with Crippen LogP contribution in [0.15, 0.2) is 0 Å². The van der Waals surface area contributed by atoms with Crippen LogP contribution in [0.25, 0.3) is 0 Å². The van der Waals surface area contributed by atoms with Gasteiger partial charge in [-0.15, -0.1) is 0 Å². The first-order chi connectivity index (χ1) is 9.41. The van der Waals surface area contributed by atoms with Gasteiger partial charge < -0.3 is 10.0 Å². The lowest BCUT2D eigenvalue weighted by atomic mass is 9.78. The van der Waals surface area contributed by atoms with Crippen LogP contribution in [0.3, 0.4) is 0 Å². The van der Waals surface area contributed by atoms with E-state index in [0.29, 0.717) is 6.42 Å². The van der Waals surface area contributed by atoms with Crippen molar-refractivity contribution in [2.45, 2.75) is 50.7 Å². The molecule has 0 bridgehead atoms. The van der Waals surface area contributed by atoms with Crippen LogP contribution < -0.4 is 0 Å². The molecule has 1 saturated carbocycles. The van der Waals surface area contributed by atoms with Gasteiger partial charge in [-0.05, 0) is 19.3 Å². The van der Waals surface area contributed by atoms with E-state index in [1.807, 2.05) is 16.7 Å². The molecule has 2 unspecified atom stereocenters. The lowest BCUT2D eigenvalue weighted by Crippen LogP contribution is -2.43. The molecule has 2 atom stereocenters. The molecule has 0 aromatic rings. The molecule has 1 saturated heterocycles. The van der Waals surface area contributed by atoms with E-state index in [0.717, 1.165) is 44.5 Å². The molecule has 0 aromatic carbocycles. The maximum absolute atomic E-state index is 12.7. The molecule has 1 aliphatic heterocycles. The zero-order valence-corrected chi connectivity index (χ0v) is 13.2. The summed E-state index contributed by atoms with van der Waals surface area (Å²) < 4.78 is 0.216. The third-order valence-corrected chi connectivity index (χ3v) is 5.92. The van der Waals surface area contributed by atoms with E-state index in [9.17, 15) is 14.7 Å². The van der Waals surface area contributed by atoms with Gasteiger partial charge in [-0.1, -0.05) is 26.7 Å². The number of aliphatic carboxylic acids is 1. The third kappa shape index (κ3) is 3.68. The van der Waals surface area contributed by atoms with Crippen LogP contribution in [0.2, 0.25) is 0 Å². The summed E-state index contributed by atoms with van der Waals surface area (Å²) in [5.41, 5.74) is 0. The quantitative estimate of drug-likeness (QED) is 0.851. The SMILES string of the molecule is CC1(C)CCN(C(=O)C2CCCCC2C(=O)O)CCS1. The molecule has 0 spiro atoms. The van der Waals surface area contributed by atoms with Crippen molar-refractivity contribution in [1.29, 1.82) is 0 Å². The van der Waals surface area contributed by atoms with Crippen LogP contribution in [0.1, 0.15) is 46.0 Å². The molecule has 2 aliphatic rings. The summed E-state index contributed by atoms with van der Waals surface area (Å²) >= 11 is 1.91. The van der Waals surface area contributed by atoms with Gasteiger partial charge >= 0.3 is 5.97 Å². The summed E-state index contributed by atoms with van der Waals surface area (Å²) in [5.74, 6) is -0.543. The fourth-order valence-electron chi connectivity index (χ4n) is 3.20. The second kappa shape index (κ2) is 6.37. The topological polar surface area (TPSA) is 57.6 Å². The Morgan fingerprint density at radius 1 is 1.15 bits per heavy atom.